The number of rotatable bonds is 5. The molecule has 3 rings (SSSR count). The molecule has 2 fully saturated rings. The molecular formula is C22H29ClN2O3. The van der Waals surface area contributed by atoms with Crippen LogP contribution >= 0.6 is 11.6 Å². The third-order valence-electron chi connectivity index (χ3n) is 7.13. The molecule has 5 nitrogen and oxygen atoms in total. The average molecular weight is 405 g/mol. The van der Waals surface area contributed by atoms with Crippen molar-refractivity contribution in [2.75, 3.05) is 4.90 Å². The Morgan fingerprint density at radius 2 is 1.71 bits per heavy atom. The van der Waals surface area contributed by atoms with Gasteiger partial charge in [0.15, 0.2) is 0 Å². The summed E-state index contributed by atoms with van der Waals surface area (Å²) in [5.74, 6) is -0.792. The lowest BCUT2D eigenvalue weighted by molar-refractivity contribution is -0.143. The summed E-state index contributed by atoms with van der Waals surface area (Å²) < 4.78 is 0. The van der Waals surface area contributed by atoms with E-state index in [1.165, 1.54) is 4.90 Å². The minimum atomic E-state index is -0.752. The summed E-state index contributed by atoms with van der Waals surface area (Å²) in [5, 5.41) is 0.536. The molecule has 0 spiro atoms. The van der Waals surface area contributed by atoms with Crippen molar-refractivity contribution in [2.45, 2.75) is 66.5 Å². The van der Waals surface area contributed by atoms with Crippen LogP contribution in [0.1, 0.15) is 54.4 Å². The number of halogens is 1. The second-order valence-corrected chi connectivity index (χ2v) is 9.58. The van der Waals surface area contributed by atoms with Gasteiger partial charge in [-0.3, -0.25) is 14.4 Å². The fraction of sp³-hybridized carbons (Fsp3) is 0.591. The molecule has 1 saturated carbocycles. The van der Waals surface area contributed by atoms with Gasteiger partial charge in [0.25, 0.3) is 5.91 Å². The van der Waals surface area contributed by atoms with Crippen molar-refractivity contribution in [1.29, 1.82) is 0 Å². The number of amides is 3. The molecule has 1 aromatic rings. The highest BCUT2D eigenvalue weighted by atomic mass is 35.5. The first-order chi connectivity index (χ1) is 12.9. The van der Waals surface area contributed by atoms with E-state index in [1.54, 1.807) is 29.2 Å². The van der Waals surface area contributed by atoms with E-state index < -0.39 is 6.04 Å². The molecule has 2 unspecified atom stereocenters. The lowest BCUT2D eigenvalue weighted by Crippen LogP contribution is -2.51. The van der Waals surface area contributed by atoms with E-state index in [0.29, 0.717) is 10.7 Å². The SMILES string of the molecule is CCC(C)N(C(=O)C1C(C)(C)C1(C)C)C1CC(=O)N(c2ccc(Cl)cc2)C1=O. The zero-order valence-electron chi connectivity index (χ0n) is 17.5. The maximum Gasteiger partial charge on any atom is 0.257 e. The Hall–Kier alpha value is -1.88. The Morgan fingerprint density at radius 1 is 1.18 bits per heavy atom. The molecule has 0 aromatic heterocycles. The first kappa shape index (κ1) is 20.8. The number of nitrogens with zero attached hydrogens (tertiary/aromatic N) is 2. The molecule has 152 valence electrons. The molecule has 6 heteroatoms. The van der Waals surface area contributed by atoms with E-state index in [2.05, 4.69) is 27.7 Å². The standard InChI is InChI=1S/C22H29ClN2O3/c1-7-13(2)24(20(28)18-21(3,4)22(18,5)6)16-12-17(26)25(19(16)27)15-10-8-14(23)9-11-15/h8-11,13,16,18H,7,12H2,1-6H3. The Bertz CT molecular complexity index is 802. The lowest BCUT2D eigenvalue weighted by atomic mass is 10.0. The Morgan fingerprint density at radius 3 is 2.18 bits per heavy atom. The van der Waals surface area contributed by atoms with Crippen LogP contribution in [-0.2, 0) is 14.4 Å². The highest BCUT2D eigenvalue weighted by Gasteiger charge is 2.69. The van der Waals surface area contributed by atoms with Crippen LogP contribution in [0.25, 0.3) is 0 Å². The van der Waals surface area contributed by atoms with Gasteiger partial charge in [-0.05, 0) is 48.4 Å². The van der Waals surface area contributed by atoms with Crippen LogP contribution in [0.15, 0.2) is 24.3 Å². The average Bonchev–Trinajstić information content (AvgIpc) is 2.85. The number of carbonyl (C=O) groups excluding carboxylic acids is 3. The van der Waals surface area contributed by atoms with E-state index in [9.17, 15) is 14.4 Å². The van der Waals surface area contributed by atoms with Crippen LogP contribution in [0.3, 0.4) is 0 Å². The molecule has 1 aliphatic heterocycles. The predicted molar refractivity (Wildman–Crippen MR) is 110 cm³/mol. The van der Waals surface area contributed by atoms with Crippen molar-refractivity contribution in [2.24, 2.45) is 16.7 Å². The van der Waals surface area contributed by atoms with E-state index >= 15 is 0 Å². The maximum atomic E-state index is 13.5. The van der Waals surface area contributed by atoms with Gasteiger partial charge in [0.1, 0.15) is 6.04 Å². The normalized spacial score (nSPS) is 24.4. The third kappa shape index (κ3) is 3.04. The fourth-order valence-electron chi connectivity index (χ4n) is 4.53. The zero-order chi connectivity index (χ0) is 21.0. The van der Waals surface area contributed by atoms with E-state index in [0.717, 1.165) is 6.42 Å². The Labute approximate surface area is 172 Å². The van der Waals surface area contributed by atoms with Crippen LogP contribution in [0.2, 0.25) is 5.02 Å². The number of anilines is 1. The molecule has 0 N–H and O–H groups in total. The summed E-state index contributed by atoms with van der Waals surface area (Å²) in [5.41, 5.74) is 0.236. The summed E-state index contributed by atoms with van der Waals surface area (Å²) in [4.78, 5) is 42.3. The van der Waals surface area contributed by atoms with Crippen molar-refractivity contribution in [3.05, 3.63) is 29.3 Å². The molecule has 28 heavy (non-hydrogen) atoms. The van der Waals surface area contributed by atoms with Crippen molar-refractivity contribution in [3.63, 3.8) is 0 Å². The van der Waals surface area contributed by atoms with Crippen LogP contribution in [0, 0.1) is 16.7 Å². The van der Waals surface area contributed by atoms with Crippen molar-refractivity contribution >= 4 is 35.0 Å². The summed E-state index contributed by atoms with van der Waals surface area (Å²) in [6, 6.07) is 5.74. The van der Waals surface area contributed by atoms with Gasteiger partial charge in [-0.15, -0.1) is 0 Å². The van der Waals surface area contributed by atoms with Gasteiger partial charge in [0.2, 0.25) is 11.8 Å². The largest absolute Gasteiger partial charge is 0.327 e. The quantitative estimate of drug-likeness (QED) is 0.688. The first-order valence-corrected chi connectivity index (χ1v) is 10.3. The second kappa shape index (κ2) is 6.87. The number of hydrogen-bond donors (Lipinski definition) is 0. The van der Waals surface area contributed by atoms with Crippen molar-refractivity contribution in [1.82, 2.24) is 4.90 Å². The molecule has 1 aliphatic carbocycles. The number of hydrogen-bond acceptors (Lipinski definition) is 3. The van der Waals surface area contributed by atoms with Crippen LogP contribution in [0.4, 0.5) is 5.69 Å². The topological polar surface area (TPSA) is 57.7 Å². The number of benzene rings is 1. The highest BCUT2D eigenvalue weighted by molar-refractivity contribution is 6.30. The molecule has 1 saturated heterocycles. The molecule has 0 radical (unpaired) electrons. The monoisotopic (exact) mass is 404 g/mol. The van der Waals surface area contributed by atoms with E-state index in [4.69, 9.17) is 11.6 Å². The Kier molecular flexibility index (Phi) is 5.11. The van der Waals surface area contributed by atoms with Crippen molar-refractivity contribution < 1.29 is 14.4 Å². The molecule has 3 amide bonds. The highest BCUT2D eigenvalue weighted by Crippen LogP contribution is 2.69. The van der Waals surface area contributed by atoms with Gasteiger partial charge in [0.05, 0.1) is 12.1 Å². The Balaban J connectivity index is 1.92. The van der Waals surface area contributed by atoms with Crippen LogP contribution < -0.4 is 4.90 Å². The molecule has 1 aromatic carbocycles. The zero-order valence-corrected chi connectivity index (χ0v) is 18.2. The minimum absolute atomic E-state index is 0.0190. The van der Waals surface area contributed by atoms with Crippen LogP contribution in [0.5, 0.6) is 0 Å². The molecule has 1 heterocycles. The number of carbonyl (C=O) groups is 3. The van der Waals surface area contributed by atoms with E-state index in [1.807, 2.05) is 13.8 Å². The summed E-state index contributed by atoms with van der Waals surface area (Å²) >= 11 is 5.93. The summed E-state index contributed by atoms with van der Waals surface area (Å²) in [7, 11) is 0. The van der Waals surface area contributed by atoms with Gasteiger partial charge in [0, 0.05) is 17.0 Å². The van der Waals surface area contributed by atoms with Gasteiger partial charge in [-0.2, -0.15) is 0 Å². The number of imide groups is 1. The van der Waals surface area contributed by atoms with Gasteiger partial charge in [-0.1, -0.05) is 46.2 Å². The third-order valence-corrected chi connectivity index (χ3v) is 7.38. The second-order valence-electron chi connectivity index (χ2n) is 9.14. The van der Waals surface area contributed by atoms with Gasteiger partial charge in [-0.25, -0.2) is 4.90 Å². The van der Waals surface area contributed by atoms with Gasteiger partial charge < -0.3 is 4.90 Å². The maximum absolute atomic E-state index is 13.5. The summed E-state index contributed by atoms with van der Waals surface area (Å²) in [6.07, 6.45) is 0.739. The van der Waals surface area contributed by atoms with Crippen molar-refractivity contribution in [3.8, 4) is 0 Å². The van der Waals surface area contributed by atoms with Gasteiger partial charge >= 0.3 is 0 Å². The predicted octanol–water partition coefficient (Wildman–Crippen LogP) is 4.28. The summed E-state index contributed by atoms with van der Waals surface area (Å²) in [6.45, 7) is 12.3. The minimum Gasteiger partial charge on any atom is -0.327 e. The molecular weight excluding hydrogens is 376 g/mol. The van der Waals surface area contributed by atoms with Crippen LogP contribution in [-0.4, -0.2) is 34.7 Å². The van der Waals surface area contributed by atoms with E-state index in [-0.39, 0.29) is 46.9 Å². The fourth-order valence-corrected chi connectivity index (χ4v) is 4.66. The molecule has 0 bridgehead atoms. The molecule has 2 aliphatic rings. The first-order valence-electron chi connectivity index (χ1n) is 9.89. The molecule has 2 atom stereocenters. The lowest BCUT2D eigenvalue weighted by Gasteiger charge is -2.33. The smallest absolute Gasteiger partial charge is 0.257 e.